The topological polar surface area (TPSA) is 60.4 Å². The van der Waals surface area contributed by atoms with E-state index in [4.69, 9.17) is 0 Å². The summed E-state index contributed by atoms with van der Waals surface area (Å²) >= 11 is 0. The predicted octanol–water partition coefficient (Wildman–Crippen LogP) is 2.13. The molecule has 20 heavy (non-hydrogen) atoms. The molecule has 2 aromatic carbocycles. The van der Waals surface area contributed by atoms with E-state index in [1.54, 1.807) is 42.5 Å². The third-order valence-electron chi connectivity index (χ3n) is 3.31. The smallest absolute Gasteiger partial charge is 0.293 e. The number of carbonyl (C=O) groups excluding carboxylic acids is 3. The van der Waals surface area contributed by atoms with Gasteiger partial charge in [-0.3, -0.25) is 14.4 Å². The Hall–Kier alpha value is -2.75. The number of benzene rings is 2. The van der Waals surface area contributed by atoms with Gasteiger partial charge in [-0.25, -0.2) is 0 Å². The number of ether oxygens (including phenoxy) is 1. The maximum atomic E-state index is 12.4. The van der Waals surface area contributed by atoms with Gasteiger partial charge in [-0.1, -0.05) is 30.3 Å². The van der Waals surface area contributed by atoms with Gasteiger partial charge in [-0.05, 0) is 17.7 Å². The van der Waals surface area contributed by atoms with E-state index >= 15 is 0 Å². The zero-order valence-electron chi connectivity index (χ0n) is 10.5. The summed E-state index contributed by atoms with van der Waals surface area (Å²) in [5.74, 6) is -0.332. The highest BCUT2D eigenvalue weighted by Gasteiger charge is 2.29. The third kappa shape index (κ3) is 1.82. The molecule has 0 spiro atoms. The second kappa shape index (κ2) is 4.74. The molecule has 0 aliphatic heterocycles. The van der Waals surface area contributed by atoms with Gasteiger partial charge in [0.15, 0.2) is 11.6 Å². The Morgan fingerprint density at radius 1 is 0.850 bits per heavy atom. The van der Waals surface area contributed by atoms with Crippen molar-refractivity contribution in [3.63, 3.8) is 0 Å². The molecule has 4 heteroatoms. The van der Waals surface area contributed by atoms with E-state index in [0.717, 1.165) is 0 Å². The summed E-state index contributed by atoms with van der Waals surface area (Å²) < 4.78 is 4.67. The Balaban J connectivity index is 2.11. The van der Waals surface area contributed by atoms with Crippen LogP contribution in [0.4, 0.5) is 0 Å². The minimum absolute atomic E-state index is 0.0832. The van der Waals surface area contributed by atoms with Crippen molar-refractivity contribution in [1.29, 1.82) is 0 Å². The summed E-state index contributed by atoms with van der Waals surface area (Å²) in [6.45, 7) is 0.432. The Bertz CT molecular complexity index is 731. The number of carbonyl (C=O) groups is 3. The van der Waals surface area contributed by atoms with Gasteiger partial charge in [0, 0.05) is 22.3 Å². The minimum atomic E-state index is -0.178. The minimum Gasteiger partial charge on any atom is -0.463 e. The molecule has 0 saturated heterocycles. The molecule has 98 valence electrons. The van der Waals surface area contributed by atoms with Crippen LogP contribution >= 0.6 is 0 Å². The summed E-state index contributed by atoms with van der Waals surface area (Å²) in [6.07, 6.45) is 0. The number of ketones is 2. The first-order valence-corrected chi connectivity index (χ1v) is 6.09. The van der Waals surface area contributed by atoms with Gasteiger partial charge in [0.2, 0.25) is 0 Å². The lowest BCUT2D eigenvalue weighted by Crippen LogP contribution is -2.21. The lowest BCUT2D eigenvalue weighted by molar-refractivity contribution is -0.129. The van der Waals surface area contributed by atoms with Crippen molar-refractivity contribution in [2.24, 2.45) is 0 Å². The van der Waals surface area contributed by atoms with Gasteiger partial charge in [0.1, 0.15) is 6.61 Å². The van der Waals surface area contributed by atoms with Crippen LogP contribution in [0.3, 0.4) is 0 Å². The standard InChI is InChI=1S/C16H10O4/c17-9-20-8-10-5-6-13-14(7-10)16(19)12-4-2-1-3-11(12)15(13)18/h1-7,9H,8H2. The second-order valence-electron chi connectivity index (χ2n) is 4.49. The predicted molar refractivity (Wildman–Crippen MR) is 70.6 cm³/mol. The van der Waals surface area contributed by atoms with Crippen LogP contribution in [0.15, 0.2) is 42.5 Å². The van der Waals surface area contributed by atoms with E-state index in [1.165, 1.54) is 0 Å². The number of fused-ring (bicyclic) bond motifs is 2. The summed E-state index contributed by atoms with van der Waals surface area (Å²) in [5, 5.41) is 0. The first kappa shape index (κ1) is 12.3. The highest BCUT2D eigenvalue weighted by Crippen LogP contribution is 2.27. The average molecular weight is 266 g/mol. The summed E-state index contributed by atoms with van der Waals surface area (Å²) in [5.41, 5.74) is 2.28. The van der Waals surface area contributed by atoms with Crippen molar-refractivity contribution in [3.05, 3.63) is 70.3 Å². The van der Waals surface area contributed by atoms with Crippen molar-refractivity contribution in [3.8, 4) is 0 Å². The van der Waals surface area contributed by atoms with Crippen LogP contribution in [-0.4, -0.2) is 18.0 Å². The average Bonchev–Trinajstić information content (AvgIpc) is 2.50. The van der Waals surface area contributed by atoms with E-state index in [2.05, 4.69) is 4.74 Å². The number of hydrogen-bond acceptors (Lipinski definition) is 4. The molecule has 0 unspecified atom stereocenters. The van der Waals surface area contributed by atoms with Crippen LogP contribution in [0.5, 0.6) is 0 Å². The van der Waals surface area contributed by atoms with E-state index in [9.17, 15) is 14.4 Å². The molecular weight excluding hydrogens is 256 g/mol. The second-order valence-corrected chi connectivity index (χ2v) is 4.49. The zero-order chi connectivity index (χ0) is 14.1. The first-order valence-electron chi connectivity index (χ1n) is 6.09. The fourth-order valence-corrected chi connectivity index (χ4v) is 2.37. The summed E-state index contributed by atoms with van der Waals surface area (Å²) in [4.78, 5) is 35.0. The molecule has 0 heterocycles. The van der Waals surface area contributed by atoms with Crippen molar-refractivity contribution in [2.45, 2.75) is 6.61 Å². The molecular formula is C16H10O4. The van der Waals surface area contributed by atoms with E-state index < -0.39 is 0 Å². The van der Waals surface area contributed by atoms with Crippen molar-refractivity contribution in [2.75, 3.05) is 0 Å². The first-order chi connectivity index (χ1) is 9.72. The lowest BCUT2D eigenvalue weighted by Gasteiger charge is -2.17. The zero-order valence-corrected chi connectivity index (χ0v) is 10.5. The van der Waals surface area contributed by atoms with Gasteiger partial charge < -0.3 is 4.74 Å². The van der Waals surface area contributed by atoms with Gasteiger partial charge in [-0.2, -0.15) is 0 Å². The maximum absolute atomic E-state index is 12.4. The monoisotopic (exact) mass is 266 g/mol. The quantitative estimate of drug-likeness (QED) is 0.681. The fraction of sp³-hybridized carbons (Fsp3) is 0.0625. The maximum Gasteiger partial charge on any atom is 0.293 e. The SMILES string of the molecule is O=COCc1ccc2c(c1)C(=O)c1ccccc1C2=O. The Morgan fingerprint density at radius 2 is 1.45 bits per heavy atom. The highest BCUT2D eigenvalue weighted by molar-refractivity contribution is 6.28. The molecule has 4 nitrogen and oxygen atoms in total. The number of rotatable bonds is 3. The van der Waals surface area contributed by atoms with Crippen LogP contribution in [0.1, 0.15) is 37.4 Å². The Labute approximate surface area is 115 Å². The summed E-state index contributed by atoms with van der Waals surface area (Å²) in [7, 11) is 0. The Kier molecular flexibility index (Phi) is 2.91. The molecule has 0 saturated carbocycles. The number of hydrogen-bond donors (Lipinski definition) is 0. The molecule has 1 aliphatic rings. The van der Waals surface area contributed by atoms with E-state index in [1.807, 2.05) is 0 Å². The Morgan fingerprint density at radius 3 is 2.10 bits per heavy atom. The van der Waals surface area contributed by atoms with E-state index in [-0.39, 0.29) is 18.2 Å². The highest BCUT2D eigenvalue weighted by atomic mass is 16.5. The molecule has 3 rings (SSSR count). The van der Waals surface area contributed by atoms with Gasteiger partial charge in [0.25, 0.3) is 6.47 Å². The van der Waals surface area contributed by atoms with E-state index in [0.29, 0.717) is 34.3 Å². The molecule has 0 amide bonds. The largest absolute Gasteiger partial charge is 0.463 e. The lowest BCUT2D eigenvalue weighted by atomic mass is 9.83. The molecule has 0 aromatic heterocycles. The van der Waals surface area contributed by atoms with Crippen molar-refractivity contribution < 1.29 is 19.1 Å². The fourth-order valence-electron chi connectivity index (χ4n) is 2.37. The van der Waals surface area contributed by atoms with Crippen LogP contribution in [-0.2, 0) is 16.1 Å². The molecule has 0 fully saturated rings. The van der Waals surface area contributed by atoms with Crippen LogP contribution in [0, 0.1) is 0 Å². The summed E-state index contributed by atoms with van der Waals surface area (Å²) in [6, 6.07) is 11.7. The van der Waals surface area contributed by atoms with Crippen molar-refractivity contribution >= 4 is 18.0 Å². The third-order valence-corrected chi connectivity index (χ3v) is 3.31. The van der Waals surface area contributed by atoms with Crippen LogP contribution in [0.25, 0.3) is 0 Å². The molecule has 0 N–H and O–H groups in total. The van der Waals surface area contributed by atoms with Crippen LogP contribution < -0.4 is 0 Å². The molecule has 2 aromatic rings. The van der Waals surface area contributed by atoms with Crippen molar-refractivity contribution in [1.82, 2.24) is 0 Å². The van der Waals surface area contributed by atoms with Gasteiger partial charge in [0.05, 0.1) is 0 Å². The normalized spacial score (nSPS) is 12.6. The van der Waals surface area contributed by atoms with Gasteiger partial charge in [-0.15, -0.1) is 0 Å². The van der Waals surface area contributed by atoms with Crippen LogP contribution in [0.2, 0.25) is 0 Å². The molecule has 0 bridgehead atoms. The molecule has 1 aliphatic carbocycles. The van der Waals surface area contributed by atoms with Gasteiger partial charge >= 0.3 is 0 Å². The molecule has 0 radical (unpaired) electrons. The molecule has 0 atom stereocenters.